The summed E-state index contributed by atoms with van der Waals surface area (Å²) in [5.74, 6) is 1.69. The number of hydrogen-bond acceptors (Lipinski definition) is 2. The van der Waals surface area contributed by atoms with E-state index in [-0.39, 0.29) is 0 Å². The largest absolute Gasteiger partial charge is 0.330 e. The van der Waals surface area contributed by atoms with Crippen LogP contribution in [0, 0.1) is 11.8 Å². The highest BCUT2D eigenvalue weighted by Crippen LogP contribution is 2.22. The first-order valence-electron chi connectivity index (χ1n) is 7.18. The lowest BCUT2D eigenvalue weighted by molar-refractivity contribution is 0.260. The van der Waals surface area contributed by atoms with Gasteiger partial charge in [0, 0.05) is 0 Å². The first-order chi connectivity index (χ1) is 7.76. The number of nitrogens with zero attached hydrogens (tertiary/aromatic N) is 1. The number of likely N-dealkylation sites (tertiary alicyclic amines) is 1. The predicted octanol–water partition coefficient (Wildman–Crippen LogP) is 2.87. The molecule has 2 heteroatoms. The van der Waals surface area contributed by atoms with E-state index in [9.17, 15) is 0 Å². The summed E-state index contributed by atoms with van der Waals surface area (Å²) in [6.07, 6.45) is 8.35. The van der Waals surface area contributed by atoms with Gasteiger partial charge in [-0.2, -0.15) is 0 Å². The fourth-order valence-corrected chi connectivity index (χ4v) is 2.67. The minimum absolute atomic E-state index is 0.690. The normalized spacial score (nSPS) is 25.3. The molecule has 2 N–H and O–H groups in total. The molecule has 16 heavy (non-hydrogen) atoms. The zero-order chi connectivity index (χ0) is 11.8. The zero-order valence-electron chi connectivity index (χ0n) is 11.3. The van der Waals surface area contributed by atoms with Gasteiger partial charge in [-0.3, -0.25) is 0 Å². The van der Waals surface area contributed by atoms with Crippen molar-refractivity contribution in [1.82, 2.24) is 4.90 Å². The SMILES string of the molecule is CCCC1CCCN(CCC(C)CN)CC1. The van der Waals surface area contributed by atoms with Gasteiger partial charge < -0.3 is 10.6 Å². The highest BCUT2D eigenvalue weighted by atomic mass is 15.1. The smallest absolute Gasteiger partial charge is 0.00157 e. The Bertz CT molecular complexity index is 170. The van der Waals surface area contributed by atoms with Gasteiger partial charge in [0.15, 0.2) is 0 Å². The van der Waals surface area contributed by atoms with Gasteiger partial charge in [0.1, 0.15) is 0 Å². The van der Waals surface area contributed by atoms with Gasteiger partial charge in [-0.1, -0.05) is 26.7 Å². The first kappa shape index (κ1) is 14.0. The van der Waals surface area contributed by atoms with Crippen molar-refractivity contribution < 1.29 is 0 Å². The summed E-state index contributed by atoms with van der Waals surface area (Å²) in [6, 6.07) is 0. The van der Waals surface area contributed by atoms with E-state index in [0.29, 0.717) is 5.92 Å². The Morgan fingerprint density at radius 3 is 2.81 bits per heavy atom. The Labute approximate surface area is 102 Å². The zero-order valence-corrected chi connectivity index (χ0v) is 11.3. The molecule has 1 aliphatic rings. The van der Waals surface area contributed by atoms with Gasteiger partial charge in [-0.25, -0.2) is 0 Å². The van der Waals surface area contributed by atoms with Gasteiger partial charge in [0.05, 0.1) is 0 Å². The summed E-state index contributed by atoms with van der Waals surface area (Å²) >= 11 is 0. The van der Waals surface area contributed by atoms with Gasteiger partial charge in [0.25, 0.3) is 0 Å². The minimum atomic E-state index is 0.690. The van der Waals surface area contributed by atoms with Gasteiger partial charge in [-0.05, 0) is 63.7 Å². The van der Waals surface area contributed by atoms with Crippen molar-refractivity contribution in [3.8, 4) is 0 Å². The van der Waals surface area contributed by atoms with Crippen LogP contribution in [0.2, 0.25) is 0 Å². The van der Waals surface area contributed by atoms with Crippen LogP contribution in [0.5, 0.6) is 0 Å². The quantitative estimate of drug-likeness (QED) is 0.754. The molecule has 0 aromatic carbocycles. The van der Waals surface area contributed by atoms with E-state index >= 15 is 0 Å². The van der Waals surface area contributed by atoms with E-state index < -0.39 is 0 Å². The molecular weight excluding hydrogens is 196 g/mol. The Morgan fingerprint density at radius 1 is 1.31 bits per heavy atom. The Kier molecular flexibility index (Phi) is 7.06. The van der Waals surface area contributed by atoms with Gasteiger partial charge in [0.2, 0.25) is 0 Å². The van der Waals surface area contributed by atoms with Crippen LogP contribution < -0.4 is 5.73 Å². The van der Waals surface area contributed by atoms with Crippen LogP contribution in [0.3, 0.4) is 0 Å². The molecular formula is C14H30N2. The maximum atomic E-state index is 5.66. The summed E-state index contributed by atoms with van der Waals surface area (Å²) < 4.78 is 0. The summed E-state index contributed by atoms with van der Waals surface area (Å²) in [6.45, 7) is 9.31. The third-order valence-corrected chi connectivity index (χ3v) is 3.98. The molecule has 0 bridgehead atoms. The highest BCUT2D eigenvalue weighted by Gasteiger charge is 2.16. The van der Waals surface area contributed by atoms with Crippen molar-refractivity contribution in [3.05, 3.63) is 0 Å². The Hall–Kier alpha value is -0.0800. The van der Waals surface area contributed by atoms with E-state index in [1.165, 1.54) is 58.2 Å². The lowest BCUT2D eigenvalue weighted by Crippen LogP contribution is -2.28. The molecule has 1 aliphatic heterocycles. The second-order valence-corrected chi connectivity index (χ2v) is 5.56. The summed E-state index contributed by atoms with van der Waals surface area (Å²) in [4.78, 5) is 2.65. The van der Waals surface area contributed by atoms with Gasteiger partial charge in [-0.15, -0.1) is 0 Å². The standard InChI is InChI=1S/C14H30N2/c1-3-5-14-6-4-9-16(11-8-14)10-7-13(2)12-15/h13-14H,3-12,15H2,1-2H3. The molecule has 0 aromatic heterocycles. The molecule has 0 spiro atoms. The molecule has 0 saturated carbocycles. The van der Waals surface area contributed by atoms with Crippen molar-refractivity contribution in [1.29, 1.82) is 0 Å². The average molecular weight is 226 g/mol. The van der Waals surface area contributed by atoms with Crippen molar-refractivity contribution in [2.75, 3.05) is 26.2 Å². The third-order valence-electron chi connectivity index (χ3n) is 3.98. The summed E-state index contributed by atoms with van der Waals surface area (Å²) in [7, 11) is 0. The Morgan fingerprint density at radius 2 is 2.12 bits per heavy atom. The van der Waals surface area contributed by atoms with Crippen LogP contribution in [-0.2, 0) is 0 Å². The maximum Gasteiger partial charge on any atom is -0.00157 e. The monoisotopic (exact) mass is 226 g/mol. The van der Waals surface area contributed by atoms with Crippen LogP contribution in [0.25, 0.3) is 0 Å². The third kappa shape index (κ3) is 5.31. The Balaban J connectivity index is 2.19. The second-order valence-electron chi connectivity index (χ2n) is 5.56. The lowest BCUT2D eigenvalue weighted by atomic mass is 9.96. The van der Waals surface area contributed by atoms with Crippen molar-refractivity contribution in [3.63, 3.8) is 0 Å². The van der Waals surface area contributed by atoms with E-state index in [1.807, 2.05) is 0 Å². The van der Waals surface area contributed by atoms with Crippen LogP contribution in [-0.4, -0.2) is 31.1 Å². The first-order valence-corrected chi connectivity index (χ1v) is 7.18. The molecule has 1 rings (SSSR count). The van der Waals surface area contributed by atoms with Crippen LogP contribution in [0.15, 0.2) is 0 Å². The molecule has 0 radical (unpaired) electrons. The fraction of sp³-hybridized carbons (Fsp3) is 1.00. The van der Waals surface area contributed by atoms with E-state index in [1.54, 1.807) is 0 Å². The van der Waals surface area contributed by atoms with Crippen LogP contribution in [0.1, 0.15) is 52.4 Å². The lowest BCUT2D eigenvalue weighted by Gasteiger charge is -2.21. The molecule has 2 nitrogen and oxygen atoms in total. The second kappa shape index (κ2) is 8.08. The molecule has 0 aromatic rings. The van der Waals surface area contributed by atoms with Crippen molar-refractivity contribution in [2.24, 2.45) is 17.6 Å². The van der Waals surface area contributed by atoms with Crippen molar-refractivity contribution >= 4 is 0 Å². The van der Waals surface area contributed by atoms with Crippen LogP contribution in [0.4, 0.5) is 0 Å². The maximum absolute atomic E-state index is 5.66. The predicted molar refractivity (Wildman–Crippen MR) is 71.5 cm³/mol. The summed E-state index contributed by atoms with van der Waals surface area (Å²) in [5.41, 5.74) is 5.66. The topological polar surface area (TPSA) is 29.3 Å². The molecule has 1 fully saturated rings. The molecule has 96 valence electrons. The highest BCUT2D eigenvalue weighted by molar-refractivity contribution is 4.70. The molecule has 2 atom stereocenters. The number of hydrogen-bond donors (Lipinski definition) is 1. The summed E-state index contributed by atoms with van der Waals surface area (Å²) in [5, 5.41) is 0. The van der Waals surface area contributed by atoms with Crippen LogP contribution >= 0.6 is 0 Å². The van der Waals surface area contributed by atoms with E-state index in [2.05, 4.69) is 18.7 Å². The van der Waals surface area contributed by atoms with Gasteiger partial charge >= 0.3 is 0 Å². The fourth-order valence-electron chi connectivity index (χ4n) is 2.67. The molecule has 1 saturated heterocycles. The average Bonchev–Trinajstić information content (AvgIpc) is 2.52. The molecule has 1 heterocycles. The molecule has 2 unspecified atom stereocenters. The molecule has 0 aliphatic carbocycles. The van der Waals surface area contributed by atoms with Crippen molar-refractivity contribution in [2.45, 2.75) is 52.4 Å². The minimum Gasteiger partial charge on any atom is -0.330 e. The van der Waals surface area contributed by atoms with E-state index in [4.69, 9.17) is 5.73 Å². The number of nitrogens with two attached hydrogens (primary N) is 1. The molecule has 0 amide bonds. The number of rotatable bonds is 6. The van der Waals surface area contributed by atoms with E-state index in [0.717, 1.165) is 12.5 Å².